The summed E-state index contributed by atoms with van der Waals surface area (Å²) >= 11 is 0. The van der Waals surface area contributed by atoms with Crippen LogP contribution < -0.4 is 11.3 Å². The van der Waals surface area contributed by atoms with Crippen molar-refractivity contribution in [2.75, 3.05) is 6.54 Å². The third kappa shape index (κ3) is 2.96. The molecule has 0 heterocycles. The third-order valence-corrected chi connectivity index (χ3v) is 1.46. The molecule has 1 aromatic carbocycles. The molecule has 0 unspecified atom stereocenters. The summed E-state index contributed by atoms with van der Waals surface area (Å²) in [7, 11) is 0. The molecule has 0 aromatic heterocycles. The first-order valence-corrected chi connectivity index (χ1v) is 3.97. The molecule has 0 amide bonds. The molecule has 0 fully saturated rings. The van der Waals surface area contributed by atoms with Crippen molar-refractivity contribution in [3.63, 3.8) is 0 Å². The molecule has 0 radical (unpaired) electrons. The lowest BCUT2D eigenvalue weighted by Crippen LogP contribution is -2.31. The summed E-state index contributed by atoms with van der Waals surface area (Å²) in [6.07, 6.45) is 0. The first kappa shape index (κ1) is 10.4. The Bertz CT molecular complexity index is 324. The van der Waals surface area contributed by atoms with E-state index in [2.05, 4.69) is 10.2 Å². The highest BCUT2D eigenvalue weighted by Gasteiger charge is 2.10. The standard InChI is InChI=1S/C9H10N2O3/c10-11-6-8(12)14-9(13)7-4-2-1-3-5-7/h1-5,11H,6,10H2. The monoisotopic (exact) mass is 194 g/mol. The first-order chi connectivity index (χ1) is 6.74. The molecule has 0 saturated carbocycles. The minimum absolute atomic E-state index is 0.196. The van der Waals surface area contributed by atoms with Gasteiger partial charge in [-0.2, -0.15) is 0 Å². The normalized spacial score (nSPS) is 9.50. The van der Waals surface area contributed by atoms with Gasteiger partial charge in [-0.1, -0.05) is 18.2 Å². The molecule has 74 valence electrons. The number of carbonyl (C=O) groups is 2. The molecule has 0 aliphatic heterocycles. The molecular formula is C9H10N2O3. The molecule has 5 nitrogen and oxygen atoms in total. The number of nitrogens with one attached hydrogen (secondary N) is 1. The van der Waals surface area contributed by atoms with Crippen LogP contribution in [0, 0.1) is 0 Å². The zero-order valence-electron chi connectivity index (χ0n) is 7.40. The van der Waals surface area contributed by atoms with Crippen LogP contribution in [-0.4, -0.2) is 18.5 Å². The second-order valence-electron chi connectivity index (χ2n) is 2.51. The fraction of sp³-hybridized carbons (Fsp3) is 0.111. The van der Waals surface area contributed by atoms with E-state index in [1.165, 1.54) is 0 Å². The maximum absolute atomic E-state index is 11.2. The summed E-state index contributed by atoms with van der Waals surface area (Å²) in [4.78, 5) is 22.1. The second-order valence-corrected chi connectivity index (χ2v) is 2.51. The molecule has 14 heavy (non-hydrogen) atoms. The lowest BCUT2D eigenvalue weighted by molar-refractivity contribution is -0.136. The predicted octanol–water partition coefficient (Wildman–Crippen LogP) is -0.167. The van der Waals surface area contributed by atoms with Gasteiger partial charge in [-0.15, -0.1) is 0 Å². The lowest BCUT2D eigenvalue weighted by Gasteiger charge is -2.01. The van der Waals surface area contributed by atoms with Gasteiger partial charge in [-0.25, -0.2) is 10.2 Å². The van der Waals surface area contributed by atoms with Crippen LogP contribution in [0.15, 0.2) is 30.3 Å². The molecule has 0 aliphatic rings. The molecular weight excluding hydrogens is 184 g/mol. The van der Waals surface area contributed by atoms with Gasteiger partial charge in [0.25, 0.3) is 0 Å². The number of hydrogen-bond acceptors (Lipinski definition) is 5. The Morgan fingerprint density at radius 1 is 1.29 bits per heavy atom. The largest absolute Gasteiger partial charge is 0.388 e. The van der Waals surface area contributed by atoms with Crippen molar-refractivity contribution in [1.29, 1.82) is 0 Å². The van der Waals surface area contributed by atoms with Gasteiger partial charge in [0.2, 0.25) is 0 Å². The number of hydrogen-bond donors (Lipinski definition) is 2. The van der Waals surface area contributed by atoms with Gasteiger partial charge in [0.15, 0.2) is 0 Å². The average Bonchev–Trinajstić information content (AvgIpc) is 2.19. The fourth-order valence-electron chi connectivity index (χ4n) is 0.856. The number of benzene rings is 1. The van der Waals surface area contributed by atoms with Gasteiger partial charge in [0.05, 0.1) is 5.56 Å². The van der Waals surface area contributed by atoms with E-state index in [1.54, 1.807) is 30.3 Å². The molecule has 1 rings (SSSR count). The van der Waals surface area contributed by atoms with Crippen LogP contribution in [0.5, 0.6) is 0 Å². The number of carbonyl (C=O) groups excluding carboxylic acids is 2. The summed E-state index contributed by atoms with van der Waals surface area (Å²) in [5.74, 6) is 3.50. The van der Waals surface area contributed by atoms with Crippen molar-refractivity contribution in [3.05, 3.63) is 35.9 Å². The average molecular weight is 194 g/mol. The van der Waals surface area contributed by atoms with E-state index < -0.39 is 11.9 Å². The highest BCUT2D eigenvalue weighted by molar-refractivity contribution is 5.97. The Morgan fingerprint density at radius 3 is 2.50 bits per heavy atom. The Balaban J connectivity index is 2.55. The zero-order chi connectivity index (χ0) is 10.4. The fourth-order valence-corrected chi connectivity index (χ4v) is 0.856. The third-order valence-electron chi connectivity index (χ3n) is 1.46. The van der Waals surface area contributed by atoms with Crippen LogP contribution in [-0.2, 0) is 9.53 Å². The molecule has 3 N–H and O–H groups in total. The van der Waals surface area contributed by atoms with Gasteiger partial charge in [0, 0.05) is 0 Å². The van der Waals surface area contributed by atoms with E-state index in [1.807, 2.05) is 0 Å². The molecule has 0 bridgehead atoms. The minimum atomic E-state index is -0.707. The summed E-state index contributed by atoms with van der Waals surface area (Å²) < 4.78 is 4.46. The Kier molecular flexibility index (Phi) is 3.78. The van der Waals surface area contributed by atoms with Gasteiger partial charge in [-0.05, 0) is 12.1 Å². The summed E-state index contributed by atoms with van der Waals surface area (Å²) in [5.41, 5.74) is 2.43. The van der Waals surface area contributed by atoms with Crippen LogP contribution in [0.1, 0.15) is 10.4 Å². The van der Waals surface area contributed by atoms with E-state index >= 15 is 0 Å². The summed E-state index contributed by atoms with van der Waals surface area (Å²) in [6.45, 7) is -0.196. The van der Waals surface area contributed by atoms with E-state index in [-0.39, 0.29) is 6.54 Å². The Morgan fingerprint density at radius 2 is 1.93 bits per heavy atom. The van der Waals surface area contributed by atoms with Crippen molar-refractivity contribution in [1.82, 2.24) is 5.43 Å². The highest BCUT2D eigenvalue weighted by atomic mass is 16.6. The van der Waals surface area contributed by atoms with Gasteiger partial charge in [0.1, 0.15) is 6.54 Å². The van der Waals surface area contributed by atoms with Crippen molar-refractivity contribution < 1.29 is 14.3 Å². The van der Waals surface area contributed by atoms with E-state index in [9.17, 15) is 9.59 Å². The number of nitrogens with two attached hydrogens (primary N) is 1. The van der Waals surface area contributed by atoms with Crippen molar-refractivity contribution in [2.24, 2.45) is 5.84 Å². The number of hydrazine groups is 1. The number of rotatable bonds is 3. The molecule has 0 spiro atoms. The SMILES string of the molecule is NNCC(=O)OC(=O)c1ccccc1. The smallest absolute Gasteiger partial charge is 0.345 e. The van der Waals surface area contributed by atoms with Gasteiger partial charge in [-0.3, -0.25) is 10.6 Å². The second kappa shape index (κ2) is 5.11. The molecule has 0 saturated heterocycles. The summed E-state index contributed by atoms with van der Waals surface area (Å²) in [6, 6.07) is 8.25. The molecule has 5 heteroatoms. The van der Waals surface area contributed by atoms with E-state index in [0.29, 0.717) is 5.56 Å². The van der Waals surface area contributed by atoms with Crippen LogP contribution in [0.2, 0.25) is 0 Å². The molecule has 1 aromatic rings. The predicted molar refractivity (Wildman–Crippen MR) is 49.1 cm³/mol. The topological polar surface area (TPSA) is 81.4 Å². The van der Waals surface area contributed by atoms with Crippen LogP contribution in [0.4, 0.5) is 0 Å². The number of ether oxygens (including phenoxy) is 1. The first-order valence-electron chi connectivity index (χ1n) is 3.97. The van der Waals surface area contributed by atoms with Crippen LogP contribution in [0.25, 0.3) is 0 Å². The van der Waals surface area contributed by atoms with Crippen LogP contribution >= 0.6 is 0 Å². The molecule has 0 aliphatic carbocycles. The maximum Gasteiger partial charge on any atom is 0.345 e. The maximum atomic E-state index is 11.2. The Labute approximate surface area is 80.8 Å². The zero-order valence-corrected chi connectivity index (χ0v) is 7.40. The van der Waals surface area contributed by atoms with Crippen molar-refractivity contribution >= 4 is 11.9 Å². The van der Waals surface area contributed by atoms with Crippen molar-refractivity contribution in [3.8, 4) is 0 Å². The minimum Gasteiger partial charge on any atom is -0.388 e. The lowest BCUT2D eigenvalue weighted by atomic mass is 10.2. The quantitative estimate of drug-likeness (QED) is 0.302. The van der Waals surface area contributed by atoms with Gasteiger partial charge >= 0.3 is 11.9 Å². The van der Waals surface area contributed by atoms with Gasteiger partial charge < -0.3 is 4.74 Å². The molecule has 0 atom stereocenters. The van der Waals surface area contributed by atoms with E-state index in [4.69, 9.17) is 5.84 Å². The number of esters is 2. The summed E-state index contributed by atoms with van der Waals surface area (Å²) in [5, 5.41) is 0. The van der Waals surface area contributed by atoms with Crippen LogP contribution in [0.3, 0.4) is 0 Å². The Hall–Kier alpha value is -1.72. The highest BCUT2D eigenvalue weighted by Crippen LogP contribution is 2.00. The van der Waals surface area contributed by atoms with Crippen molar-refractivity contribution in [2.45, 2.75) is 0 Å². The van der Waals surface area contributed by atoms with E-state index in [0.717, 1.165) is 0 Å².